The van der Waals surface area contributed by atoms with Crippen LogP contribution in [0.4, 0.5) is 0 Å². The number of aromatic hydroxyl groups is 1. The second-order valence-corrected chi connectivity index (χ2v) is 4.25. The number of phenols is 1. The van der Waals surface area contributed by atoms with E-state index < -0.39 is 0 Å². The number of phenolic OH excluding ortho intramolecular Hbond substituents is 1. The van der Waals surface area contributed by atoms with E-state index in [4.69, 9.17) is 4.42 Å². The van der Waals surface area contributed by atoms with Crippen LogP contribution >= 0.6 is 0 Å². The lowest BCUT2D eigenvalue weighted by atomic mass is 10.1. The van der Waals surface area contributed by atoms with Gasteiger partial charge < -0.3 is 14.8 Å². The van der Waals surface area contributed by atoms with Crippen LogP contribution in [0.1, 0.15) is 29.9 Å². The average Bonchev–Trinajstić information content (AvgIpc) is 2.83. The second-order valence-electron chi connectivity index (χ2n) is 4.25. The maximum atomic E-state index is 9.71. The molecule has 0 spiro atoms. The van der Waals surface area contributed by atoms with Gasteiger partial charge >= 0.3 is 0 Å². The zero-order valence-electron chi connectivity index (χ0n) is 10.1. The predicted molar refractivity (Wildman–Crippen MR) is 66.8 cm³/mol. The van der Waals surface area contributed by atoms with Crippen molar-refractivity contribution in [3.8, 4) is 5.75 Å². The fraction of sp³-hybridized carbons (Fsp3) is 0.286. The van der Waals surface area contributed by atoms with E-state index in [1.807, 2.05) is 38.1 Å². The zero-order chi connectivity index (χ0) is 12.3. The minimum atomic E-state index is 0.130. The van der Waals surface area contributed by atoms with Gasteiger partial charge in [-0.25, -0.2) is 0 Å². The highest BCUT2D eigenvalue weighted by Gasteiger charge is 2.08. The average molecular weight is 231 g/mol. The minimum Gasteiger partial charge on any atom is -0.508 e. The summed E-state index contributed by atoms with van der Waals surface area (Å²) >= 11 is 0. The van der Waals surface area contributed by atoms with Crippen LogP contribution in [0.25, 0.3) is 0 Å². The first-order chi connectivity index (χ1) is 8.16. The molecule has 3 heteroatoms. The molecule has 0 saturated carbocycles. The molecule has 0 aliphatic carbocycles. The molecule has 17 heavy (non-hydrogen) atoms. The Kier molecular flexibility index (Phi) is 3.49. The van der Waals surface area contributed by atoms with Crippen molar-refractivity contribution in [2.75, 3.05) is 0 Å². The van der Waals surface area contributed by atoms with Gasteiger partial charge in [0, 0.05) is 12.1 Å². The molecule has 0 bridgehead atoms. The second kappa shape index (κ2) is 5.06. The molecule has 2 rings (SSSR count). The summed E-state index contributed by atoms with van der Waals surface area (Å²) < 4.78 is 5.31. The van der Waals surface area contributed by atoms with Gasteiger partial charge in [0.15, 0.2) is 0 Å². The molecule has 90 valence electrons. The van der Waals surface area contributed by atoms with Gasteiger partial charge in [-0.15, -0.1) is 0 Å². The van der Waals surface area contributed by atoms with Gasteiger partial charge in [0.1, 0.15) is 11.5 Å². The van der Waals surface area contributed by atoms with Crippen LogP contribution in [0.2, 0.25) is 0 Å². The number of hydrogen-bond acceptors (Lipinski definition) is 3. The van der Waals surface area contributed by atoms with Crippen LogP contribution in [0, 0.1) is 6.92 Å². The van der Waals surface area contributed by atoms with E-state index in [0.29, 0.717) is 12.3 Å². The third-order valence-corrected chi connectivity index (χ3v) is 2.80. The first-order valence-corrected chi connectivity index (χ1v) is 5.72. The van der Waals surface area contributed by atoms with Crippen molar-refractivity contribution in [3.63, 3.8) is 0 Å². The lowest BCUT2D eigenvalue weighted by Gasteiger charge is -2.12. The topological polar surface area (TPSA) is 45.4 Å². The van der Waals surface area contributed by atoms with E-state index in [2.05, 4.69) is 5.32 Å². The molecule has 0 unspecified atom stereocenters. The Labute approximate surface area is 101 Å². The Morgan fingerprint density at radius 2 is 2.18 bits per heavy atom. The van der Waals surface area contributed by atoms with E-state index in [1.165, 1.54) is 0 Å². The monoisotopic (exact) mass is 231 g/mol. The maximum absolute atomic E-state index is 9.71. The summed E-state index contributed by atoms with van der Waals surface area (Å²) in [6.07, 6.45) is 1.66. The summed E-state index contributed by atoms with van der Waals surface area (Å²) in [6.45, 7) is 4.67. The number of benzene rings is 1. The molecule has 1 aromatic carbocycles. The van der Waals surface area contributed by atoms with Gasteiger partial charge in [0.2, 0.25) is 0 Å². The van der Waals surface area contributed by atoms with Crippen LogP contribution in [0.3, 0.4) is 0 Å². The number of aryl methyl sites for hydroxylation is 1. The molecule has 0 fully saturated rings. The molecule has 1 heterocycles. The van der Waals surface area contributed by atoms with Gasteiger partial charge in [-0.05, 0) is 32.0 Å². The van der Waals surface area contributed by atoms with Crippen molar-refractivity contribution in [2.24, 2.45) is 0 Å². The molecule has 0 aliphatic heterocycles. The van der Waals surface area contributed by atoms with Crippen LogP contribution in [-0.4, -0.2) is 5.11 Å². The molecule has 0 amide bonds. The third-order valence-electron chi connectivity index (χ3n) is 2.80. The molecule has 0 aliphatic rings. The Morgan fingerprint density at radius 1 is 1.35 bits per heavy atom. The van der Waals surface area contributed by atoms with Crippen molar-refractivity contribution >= 4 is 0 Å². The Morgan fingerprint density at radius 3 is 2.88 bits per heavy atom. The summed E-state index contributed by atoms with van der Waals surface area (Å²) in [6, 6.07) is 9.55. The lowest BCUT2D eigenvalue weighted by molar-refractivity contribution is 0.422. The van der Waals surface area contributed by atoms with E-state index in [9.17, 15) is 5.11 Å². The first-order valence-electron chi connectivity index (χ1n) is 5.72. The third kappa shape index (κ3) is 2.88. The molecule has 3 nitrogen and oxygen atoms in total. The van der Waals surface area contributed by atoms with Crippen molar-refractivity contribution in [3.05, 3.63) is 53.5 Å². The summed E-state index contributed by atoms with van der Waals surface area (Å²) in [5, 5.41) is 13.0. The molecular weight excluding hydrogens is 214 g/mol. The van der Waals surface area contributed by atoms with Crippen LogP contribution in [-0.2, 0) is 6.54 Å². The van der Waals surface area contributed by atoms with Crippen molar-refractivity contribution in [1.82, 2.24) is 5.32 Å². The van der Waals surface area contributed by atoms with Gasteiger partial charge in [0.25, 0.3) is 0 Å². The van der Waals surface area contributed by atoms with Gasteiger partial charge in [-0.1, -0.05) is 17.7 Å². The van der Waals surface area contributed by atoms with Crippen LogP contribution in [0.5, 0.6) is 5.75 Å². The normalized spacial score (nSPS) is 12.6. The Balaban J connectivity index is 2.00. The number of rotatable bonds is 4. The number of hydrogen-bond donors (Lipinski definition) is 2. The van der Waals surface area contributed by atoms with E-state index >= 15 is 0 Å². The van der Waals surface area contributed by atoms with Gasteiger partial charge in [-0.3, -0.25) is 0 Å². The van der Waals surface area contributed by atoms with Crippen LogP contribution in [0.15, 0.2) is 41.0 Å². The van der Waals surface area contributed by atoms with Crippen molar-refractivity contribution < 1.29 is 9.52 Å². The molecule has 1 atom stereocenters. The highest BCUT2D eigenvalue weighted by molar-refractivity contribution is 5.35. The van der Waals surface area contributed by atoms with E-state index in [1.54, 1.807) is 12.3 Å². The Hall–Kier alpha value is -1.74. The van der Waals surface area contributed by atoms with Gasteiger partial charge in [-0.2, -0.15) is 0 Å². The summed E-state index contributed by atoms with van der Waals surface area (Å²) in [5.74, 6) is 1.23. The summed E-state index contributed by atoms with van der Waals surface area (Å²) in [7, 11) is 0. The molecule has 0 saturated heterocycles. The minimum absolute atomic E-state index is 0.130. The number of nitrogens with one attached hydrogen (secondary N) is 1. The highest BCUT2D eigenvalue weighted by atomic mass is 16.3. The van der Waals surface area contributed by atoms with Crippen molar-refractivity contribution in [2.45, 2.75) is 26.4 Å². The smallest absolute Gasteiger partial charge is 0.120 e. The van der Waals surface area contributed by atoms with Gasteiger partial charge in [0.05, 0.1) is 12.3 Å². The predicted octanol–water partition coefficient (Wildman–Crippen LogP) is 3.14. The molecule has 2 aromatic rings. The lowest BCUT2D eigenvalue weighted by Crippen LogP contribution is -2.17. The summed E-state index contributed by atoms with van der Waals surface area (Å²) in [4.78, 5) is 0. The van der Waals surface area contributed by atoms with E-state index in [-0.39, 0.29) is 6.04 Å². The molecule has 2 N–H and O–H groups in total. The maximum Gasteiger partial charge on any atom is 0.120 e. The molecule has 0 radical (unpaired) electrons. The van der Waals surface area contributed by atoms with E-state index in [0.717, 1.165) is 16.9 Å². The van der Waals surface area contributed by atoms with Crippen molar-refractivity contribution in [1.29, 1.82) is 0 Å². The largest absolute Gasteiger partial charge is 0.508 e. The first kappa shape index (κ1) is 11.7. The van der Waals surface area contributed by atoms with Crippen LogP contribution < -0.4 is 5.32 Å². The molecular formula is C14H17NO2. The highest BCUT2D eigenvalue weighted by Crippen LogP contribution is 2.19. The Bertz CT molecular complexity index is 477. The fourth-order valence-electron chi connectivity index (χ4n) is 1.76. The molecule has 1 aromatic heterocycles. The standard InChI is InChI=1S/C14H17NO2/c1-10-5-6-13(16)12(8-10)9-15-11(2)14-4-3-7-17-14/h3-8,11,15-16H,9H2,1-2H3/t11-/m0/s1. The zero-order valence-corrected chi connectivity index (χ0v) is 10.1. The quantitative estimate of drug-likeness (QED) is 0.849. The number of furan rings is 1. The SMILES string of the molecule is Cc1ccc(O)c(CN[C@@H](C)c2ccco2)c1. The fourth-order valence-corrected chi connectivity index (χ4v) is 1.76. The summed E-state index contributed by atoms with van der Waals surface area (Å²) in [5.41, 5.74) is 2.05.